The van der Waals surface area contributed by atoms with E-state index in [0.29, 0.717) is 11.4 Å². The molecule has 3 rings (SSSR count). The van der Waals surface area contributed by atoms with E-state index in [0.717, 1.165) is 16.6 Å². The largest absolute Gasteiger partial charge is 0.350 e. The number of hydrogen-bond donors (Lipinski definition) is 2. The number of para-hydroxylation sites is 2. The molecule has 0 saturated carbocycles. The van der Waals surface area contributed by atoms with E-state index >= 15 is 0 Å². The lowest BCUT2D eigenvalue weighted by Crippen LogP contribution is -2.30. The van der Waals surface area contributed by atoms with Crippen LogP contribution < -0.4 is 10.6 Å². The Kier molecular flexibility index (Phi) is 4.24. The lowest BCUT2D eigenvalue weighted by atomic mass is 10.1. The first-order valence-corrected chi connectivity index (χ1v) is 7.66. The summed E-state index contributed by atoms with van der Waals surface area (Å²) >= 11 is 0. The minimum Gasteiger partial charge on any atom is -0.350 e. The molecule has 1 heterocycles. The zero-order valence-corrected chi connectivity index (χ0v) is 13.2. The fraction of sp³-hybridized carbons (Fsp3) is 0.158. The SMILES string of the molecule is CC(C)NC(=O)c1cc(Nc2ccccc2)nc2ccccc12. The molecule has 23 heavy (non-hydrogen) atoms. The summed E-state index contributed by atoms with van der Waals surface area (Å²) in [4.78, 5) is 17.1. The Morgan fingerprint density at radius 2 is 1.70 bits per heavy atom. The summed E-state index contributed by atoms with van der Waals surface area (Å²) in [5.41, 5.74) is 2.36. The van der Waals surface area contributed by atoms with Crippen LogP contribution in [0.15, 0.2) is 60.7 Å². The van der Waals surface area contributed by atoms with E-state index in [-0.39, 0.29) is 11.9 Å². The number of rotatable bonds is 4. The van der Waals surface area contributed by atoms with Crippen molar-refractivity contribution in [2.24, 2.45) is 0 Å². The molecule has 0 aliphatic carbocycles. The maximum Gasteiger partial charge on any atom is 0.252 e. The Labute approximate surface area is 135 Å². The molecule has 0 aliphatic rings. The van der Waals surface area contributed by atoms with Crippen LogP contribution in [0.5, 0.6) is 0 Å². The van der Waals surface area contributed by atoms with Crippen LogP contribution in [0.2, 0.25) is 0 Å². The lowest BCUT2D eigenvalue weighted by Gasteiger charge is -2.13. The van der Waals surface area contributed by atoms with Gasteiger partial charge in [-0.25, -0.2) is 4.98 Å². The van der Waals surface area contributed by atoms with Gasteiger partial charge in [0, 0.05) is 17.1 Å². The predicted molar refractivity (Wildman–Crippen MR) is 94.1 cm³/mol. The summed E-state index contributed by atoms with van der Waals surface area (Å²) in [6, 6.07) is 19.3. The highest BCUT2D eigenvalue weighted by atomic mass is 16.1. The molecular weight excluding hydrogens is 286 g/mol. The van der Waals surface area contributed by atoms with Crippen molar-refractivity contribution in [3.63, 3.8) is 0 Å². The summed E-state index contributed by atoms with van der Waals surface area (Å²) < 4.78 is 0. The number of carbonyl (C=O) groups excluding carboxylic acids is 1. The van der Waals surface area contributed by atoms with Gasteiger partial charge in [0.1, 0.15) is 5.82 Å². The Balaban J connectivity index is 2.04. The number of amides is 1. The van der Waals surface area contributed by atoms with Crippen LogP contribution in [0.1, 0.15) is 24.2 Å². The second-order valence-electron chi connectivity index (χ2n) is 5.69. The van der Waals surface area contributed by atoms with Gasteiger partial charge >= 0.3 is 0 Å². The van der Waals surface area contributed by atoms with E-state index in [1.54, 1.807) is 6.07 Å². The van der Waals surface area contributed by atoms with Crippen molar-refractivity contribution >= 4 is 28.3 Å². The third kappa shape index (κ3) is 3.48. The molecule has 4 nitrogen and oxygen atoms in total. The monoisotopic (exact) mass is 305 g/mol. The van der Waals surface area contributed by atoms with Crippen molar-refractivity contribution in [1.82, 2.24) is 10.3 Å². The van der Waals surface area contributed by atoms with Crippen molar-refractivity contribution in [3.8, 4) is 0 Å². The molecule has 0 spiro atoms. The first kappa shape index (κ1) is 15.0. The molecule has 0 atom stereocenters. The zero-order chi connectivity index (χ0) is 16.2. The highest BCUT2D eigenvalue weighted by Gasteiger charge is 2.13. The summed E-state index contributed by atoms with van der Waals surface area (Å²) in [5.74, 6) is 0.568. The predicted octanol–water partition coefficient (Wildman–Crippen LogP) is 4.12. The second kappa shape index (κ2) is 6.48. The minimum absolute atomic E-state index is 0.0833. The summed E-state index contributed by atoms with van der Waals surface area (Å²) in [6.45, 7) is 3.90. The molecule has 0 aliphatic heterocycles. The molecule has 3 aromatic rings. The van der Waals surface area contributed by atoms with Gasteiger partial charge in [0.2, 0.25) is 0 Å². The van der Waals surface area contributed by atoms with Gasteiger partial charge in [-0.05, 0) is 38.1 Å². The smallest absolute Gasteiger partial charge is 0.252 e. The zero-order valence-electron chi connectivity index (χ0n) is 13.2. The molecule has 1 aromatic heterocycles. The van der Waals surface area contributed by atoms with Gasteiger partial charge < -0.3 is 10.6 Å². The summed E-state index contributed by atoms with van der Waals surface area (Å²) in [7, 11) is 0. The number of aromatic nitrogens is 1. The van der Waals surface area contributed by atoms with Crippen molar-refractivity contribution in [3.05, 3.63) is 66.2 Å². The van der Waals surface area contributed by atoms with E-state index in [2.05, 4.69) is 15.6 Å². The molecule has 116 valence electrons. The van der Waals surface area contributed by atoms with Crippen LogP contribution in [-0.4, -0.2) is 16.9 Å². The Bertz CT molecular complexity index is 828. The van der Waals surface area contributed by atoms with Crippen molar-refractivity contribution < 1.29 is 4.79 Å². The van der Waals surface area contributed by atoms with E-state index in [1.165, 1.54) is 0 Å². The molecule has 2 aromatic carbocycles. The van der Waals surface area contributed by atoms with Gasteiger partial charge in [-0.3, -0.25) is 4.79 Å². The summed E-state index contributed by atoms with van der Waals surface area (Å²) in [6.07, 6.45) is 0. The molecule has 0 fully saturated rings. The van der Waals surface area contributed by atoms with Gasteiger partial charge in [-0.2, -0.15) is 0 Å². The Morgan fingerprint density at radius 1 is 1.00 bits per heavy atom. The Morgan fingerprint density at radius 3 is 2.43 bits per heavy atom. The molecule has 0 saturated heterocycles. The summed E-state index contributed by atoms with van der Waals surface area (Å²) in [5, 5.41) is 7.05. The quantitative estimate of drug-likeness (QED) is 0.762. The standard InChI is InChI=1S/C19H19N3O/c1-13(2)20-19(23)16-12-18(21-14-8-4-3-5-9-14)22-17-11-7-6-10-15(16)17/h3-13H,1-2H3,(H,20,23)(H,21,22). The lowest BCUT2D eigenvalue weighted by molar-refractivity contribution is 0.0945. The minimum atomic E-state index is -0.0882. The first-order chi connectivity index (χ1) is 11.1. The molecule has 1 amide bonds. The number of carbonyl (C=O) groups is 1. The van der Waals surface area contributed by atoms with Crippen LogP contribution in [0.3, 0.4) is 0 Å². The number of fused-ring (bicyclic) bond motifs is 1. The van der Waals surface area contributed by atoms with E-state index in [9.17, 15) is 4.79 Å². The number of nitrogens with zero attached hydrogens (tertiary/aromatic N) is 1. The third-order valence-corrected chi connectivity index (χ3v) is 3.43. The highest BCUT2D eigenvalue weighted by Crippen LogP contribution is 2.23. The molecule has 2 N–H and O–H groups in total. The topological polar surface area (TPSA) is 54.0 Å². The fourth-order valence-corrected chi connectivity index (χ4v) is 2.44. The number of benzene rings is 2. The van der Waals surface area contributed by atoms with Gasteiger partial charge in [-0.1, -0.05) is 36.4 Å². The van der Waals surface area contributed by atoms with Crippen LogP contribution in [0.25, 0.3) is 10.9 Å². The maximum atomic E-state index is 12.5. The average molecular weight is 305 g/mol. The van der Waals surface area contributed by atoms with Gasteiger partial charge in [0.05, 0.1) is 11.1 Å². The van der Waals surface area contributed by atoms with E-state index in [4.69, 9.17) is 0 Å². The van der Waals surface area contributed by atoms with Crippen LogP contribution >= 0.6 is 0 Å². The highest BCUT2D eigenvalue weighted by molar-refractivity contribution is 6.07. The molecule has 4 heteroatoms. The van der Waals surface area contributed by atoms with Gasteiger partial charge in [0.25, 0.3) is 5.91 Å². The van der Waals surface area contributed by atoms with Crippen LogP contribution in [0, 0.1) is 0 Å². The Hall–Kier alpha value is -2.88. The number of hydrogen-bond acceptors (Lipinski definition) is 3. The van der Waals surface area contributed by atoms with Crippen molar-refractivity contribution in [1.29, 1.82) is 0 Å². The van der Waals surface area contributed by atoms with E-state index < -0.39 is 0 Å². The molecule has 0 bridgehead atoms. The average Bonchev–Trinajstić information content (AvgIpc) is 2.54. The van der Waals surface area contributed by atoms with Gasteiger partial charge in [-0.15, -0.1) is 0 Å². The number of pyridine rings is 1. The van der Waals surface area contributed by atoms with E-state index in [1.807, 2.05) is 68.4 Å². The first-order valence-electron chi connectivity index (χ1n) is 7.66. The fourth-order valence-electron chi connectivity index (χ4n) is 2.44. The molecule has 0 unspecified atom stereocenters. The molecule has 0 radical (unpaired) electrons. The third-order valence-electron chi connectivity index (χ3n) is 3.43. The maximum absolute atomic E-state index is 12.5. The number of nitrogens with one attached hydrogen (secondary N) is 2. The number of anilines is 2. The van der Waals surface area contributed by atoms with Gasteiger partial charge in [0.15, 0.2) is 0 Å². The normalized spacial score (nSPS) is 10.7. The van der Waals surface area contributed by atoms with Crippen molar-refractivity contribution in [2.45, 2.75) is 19.9 Å². The van der Waals surface area contributed by atoms with Crippen molar-refractivity contribution in [2.75, 3.05) is 5.32 Å². The van der Waals surface area contributed by atoms with Crippen LogP contribution in [-0.2, 0) is 0 Å². The second-order valence-corrected chi connectivity index (χ2v) is 5.69. The van der Waals surface area contributed by atoms with Crippen LogP contribution in [0.4, 0.5) is 11.5 Å². The molecular formula is C19H19N3O.